The van der Waals surface area contributed by atoms with Crippen molar-refractivity contribution in [3.05, 3.63) is 30.1 Å². The van der Waals surface area contributed by atoms with Gasteiger partial charge in [-0.25, -0.2) is 13.1 Å². The molecule has 0 aliphatic carbocycles. The third-order valence-electron chi connectivity index (χ3n) is 3.49. The first-order chi connectivity index (χ1) is 10.1. The molecule has 0 radical (unpaired) electrons. The second-order valence-corrected chi connectivity index (χ2v) is 7.01. The Morgan fingerprint density at radius 1 is 1.38 bits per heavy atom. The van der Waals surface area contributed by atoms with E-state index >= 15 is 0 Å². The van der Waals surface area contributed by atoms with E-state index in [1.165, 1.54) is 0 Å². The average Bonchev–Trinajstić information content (AvgIpc) is 2.49. The number of sulfonamides is 1. The van der Waals surface area contributed by atoms with Gasteiger partial charge in [0.05, 0.1) is 30.7 Å². The Labute approximate surface area is 126 Å². The lowest BCUT2D eigenvalue weighted by molar-refractivity contribution is 0.0163. The molecule has 1 unspecified atom stereocenters. The third kappa shape index (κ3) is 5.03. The molecule has 118 valence electrons. The minimum atomic E-state index is -3.21. The minimum Gasteiger partial charge on any atom is -0.379 e. The second kappa shape index (κ2) is 7.84. The molecule has 1 atom stereocenters. The molecule has 1 aromatic rings. The van der Waals surface area contributed by atoms with E-state index in [9.17, 15) is 8.42 Å². The molecule has 1 saturated heterocycles. The maximum atomic E-state index is 11.9. The molecule has 1 aliphatic rings. The van der Waals surface area contributed by atoms with Gasteiger partial charge >= 0.3 is 0 Å². The molecule has 1 fully saturated rings. The molecule has 6 nitrogen and oxygen atoms in total. The van der Waals surface area contributed by atoms with Crippen LogP contribution in [-0.2, 0) is 14.8 Å². The van der Waals surface area contributed by atoms with Gasteiger partial charge in [0.25, 0.3) is 0 Å². The molecule has 1 aliphatic heterocycles. The topological polar surface area (TPSA) is 71.5 Å². The molecule has 7 heteroatoms. The third-order valence-corrected chi connectivity index (χ3v) is 5.04. The van der Waals surface area contributed by atoms with Crippen molar-refractivity contribution in [2.24, 2.45) is 0 Å². The Balaban J connectivity index is 2.09. The highest BCUT2D eigenvalue weighted by Crippen LogP contribution is 2.19. The molecule has 0 amide bonds. The SMILES string of the molecule is CCCS(=O)(=O)NCC(c1ccccn1)N1CCOCC1. The van der Waals surface area contributed by atoms with Crippen molar-refractivity contribution in [1.29, 1.82) is 0 Å². The van der Waals surface area contributed by atoms with E-state index in [0.717, 1.165) is 18.8 Å². The number of hydrogen-bond donors (Lipinski definition) is 1. The van der Waals surface area contributed by atoms with Gasteiger partial charge in [-0.1, -0.05) is 13.0 Å². The van der Waals surface area contributed by atoms with Crippen molar-refractivity contribution < 1.29 is 13.2 Å². The summed E-state index contributed by atoms with van der Waals surface area (Å²) in [7, 11) is -3.21. The number of aromatic nitrogens is 1. The van der Waals surface area contributed by atoms with Crippen molar-refractivity contribution >= 4 is 10.0 Å². The fourth-order valence-corrected chi connectivity index (χ4v) is 3.52. The summed E-state index contributed by atoms with van der Waals surface area (Å²) in [5, 5.41) is 0. The summed E-state index contributed by atoms with van der Waals surface area (Å²) in [5.74, 6) is 0.158. The number of nitrogens with zero attached hydrogens (tertiary/aromatic N) is 2. The fourth-order valence-electron chi connectivity index (χ4n) is 2.43. The molecule has 1 aromatic heterocycles. The van der Waals surface area contributed by atoms with Gasteiger partial charge in [0, 0.05) is 25.8 Å². The van der Waals surface area contributed by atoms with Gasteiger partial charge in [-0.2, -0.15) is 0 Å². The maximum absolute atomic E-state index is 11.9. The zero-order valence-corrected chi connectivity index (χ0v) is 13.2. The van der Waals surface area contributed by atoms with Gasteiger partial charge in [-0.3, -0.25) is 9.88 Å². The minimum absolute atomic E-state index is 0.0540. The average molecular weight is 313 g/mol. The van der Waals surface area contributed by atoms with Crippen LogP contribution < -0.4 is 4.72 Å². The zero-order valence-electron chi connectivity index (χ0n) is 12.4. The van der Waals surface area contributed by atoms with E-state index in [2.05, 4.69) is 14.6 Å². The largest absolute Gasteiger partial charge is 0.379 e. The van der Waals surface area contributed by atoms with Crippen LogP contribution >= 0.6 is 0 Å². The highest BCUT2D eigenvalue weighted by Gasteiger charge is 2.25. The number of hydrogen-bond acceptors (Lipinski definition) is 5. The van der Waals surface area contributed by atoms with E-state index in [-0.39, 0.29) is 11.8 Å². The van der Waals surface area contributed by atoms with Crippen LogP contribution in [0.3, 0.4) is 0 Å². The molecule has 0 aromatic carbocycles. The molecule has 0 bridgehead atoms. The summed E-state index contributed by atoms with van der Waals surface area (Å²) in [5.41, 5.74) is 0.888. The number of nitrogens with one attached hydrogen (secondary N) is 1. The van der Waals surface area contributed by atoms with Crippen LogP contribution in [0.25, 0.3) is 0 Å². The first-order valence-electron chi connectivity index (χ1n) is 7.32. The van der Waals surface area contributed by atoms with Gasteiger partial charge in [-0.15, -0.1) is 0 Å². The Morgan fingerprint density at radius 3 is 2.76 bits per heavy atom. The van der Waals surface area contributed by atoms with Crippen LogP contribution in [0.2, 0.25) is 0 Å². The lowest BCUT2D eigenvalue weighted by atomic mass is 10.1. The first kappa shape index (κ1) is 16.4. The van der Waals surface area contributed by atoms with E-state index < -0.39 is 10.0 Å². The first-order valence-corrected chi connectivity index (χ1v) is 8.97. The quantitative estimate of drug-likeness (QED) is 0.805. The lowest BCUT2D eigenvalue weighted by Gasteiger charge is -2.34. The number of pyridine rings is 1. The normalized spacial score (nSPS) is 18.5. The van der Waals surface area contributed by atoms with Crippen molar-refractivity contribution in [2.45, 2.75) is 19.4 Å². The van der Waals surface area contributed by atoms with Crippen LogP contribution in [0.1, 0.15) is 25.1 Å². The zero-order chi connectivity index (χ0) is 15.1. The van der Waals surface area contributed by atoms with Gasteiger partial charge < -0.3 is 4.74 Å². The molecule has 21 heavy (non-hydrogen) atoms. The van der Waals surface area contributed by atoms with Crippen molar-refractivity contribution in [1.82, 2.24) is 14.6 Å². The highest BCUT2D eigenvalue weighted by atomic mass is 32.2. The Bertz CT molecular complexity index is 516. The summed E-state index contributed by atoms with van der Waals surface area (Å²) >= 11 is 0. The smallest absolute Gasteiger partial charge is 0.211 e. The molecular formula is C14H23N3O3S. The van der Waals surface area contributed by atoms with Crippen molar-refractivity contribution in [2.75, 3.05) is 38.6 Å². The van der Waals surface area contributed by atoms with E-state index in [1.54, 1.807) is 6.20 Å². The highest BCUT2D eigenvalue weighted by molar-refractivity contribution is 7.89. The summed E-state index contributed by atoms with van der Waals surface area (Å²) in [6.07, 6.45) is 2.35. The van der Waals surface area contributed by atoms with Crippen LogP contribution in [0.15, 0.2) is 24.4 Å². The van der Waals surface area contributed by atoms with Crippen LogP contribution in [0.4, 0.5) is 0 Å². The fraction of sp³-hybridized carbons (Fsp3) is 0.643. The molecule has 2 heterocycles. The van der Waals surface area contributed by atoms with Crippen molar-refractivity contribution in [3.63, 3.8) is 0 Å². The van der Waals surface area contributed by atoms with E-state index in [1.807, 2.05) is 25.1 Å². The molecule has 0 saturated carbocycles. The maximum Gasteiger partial charge on any atom is 0.211 e. The second-order valence-electron chi connectivity index (χ2n) is 5.09. The molecule has 0 spiro atoms. The lowest BCUT2D eigenvalue weighted by Crippen LogP contribution is -2.44. The number of morpholine rings is 1. The van der Waals surface area contributed by atoms with Crippen LogP contribution in [0, 0.1) is 0 Å². The Hall–Kier alpha value is -1.02. The summed E-state index contributed by atoms with van der Waals surface area (Å²) in [4.78, 5) is 6.61. The van der Waals surface area contributed by atoms with Gasteiger partial charge in [0.15, 0.2) is 0 Å². The summed E-state index contributed by atoms with van der Waals surface area (Å²) < 4.78 is 31.8. The summed E-state index contributed by atoms with van der Waals surface area (Å²) in [6.45, 7) is 5.13. The predicted molar refractivity (Wildman–Crippen MR) is 81.5 cm³/mol. The molecule has 2 rings (SSSR count). The van der Waals surface area contributed by atoms with Gasteiger partial charge in [0.1, 0.15) is 0 Å². The van der Waals surface area contributed by atoms with E-state index in [0.29, 0.717) is 26.2 Å². The van der Waals surface area contributed by atoms with E-state index in [4.69, 9.17) is 4.74 Å². The van der Waals surface area contributed by atoms with Gasteiger partial charge in [-0.05, 0) is 18.6 Å². The summed E-state index contributed by atoms with van der Waals surface area (Å²) in [6, 6.07) is 5.67. The number of ether oxygens (including phenoxy) is 1. The monoisotopic (exact) mass is 313 g/mol. The molecule has 1 N–H and O–H groups in total. The molecular weight excluding hydrogens is 290 g/mol. The van der Waals surface area contributed by atoms with Crippen LogP contribution in [0.5, 0.6) is 0 Å². The standard InChI is InChI=1S/C14H23N3O3S/c1-2-11-21(18,19)16-12-14(13-5-3-4-6-15-13)17-7-9-20-10-8-17/h3-6,14,16H,2,7-12H2,1H3. The van der Waals surface area contributed by atoms with Crippen LogP contribution in [-0.4, -0.2) is 56.9 Å². The van der Waals surface area contributed by atoms with Gasteiger partial charge in [0.2, 0.25) is 10.0 Å². The predicted octanol–water partition coefficient (Wildman–Crippen LogP) is 0.784. The van der Waals surface area contributed by atoms with Crippen molar-refractivity contribution in [3.8, 4) is 0 Å². The Kier molecular flexibility index (Phi) is 6.10. The Morgan fingerprint density at radius 2 is 2.14 bits per heavy atom. The number of rotatable bonds is 7.